The number of hydrogen-bond acceptors (Lipinski definition) is 2. The maximum atomic E-state index is 10.7. The zero-order chi connectivity index (χ0) is 10.6. The summed E-state index contributed by atoms with van der Waals surface area (Å²) in [6.45, 7) is 1.36. The first-order valence-corrected chi connectivity index (χ1v) is 5.14. The molecule has 1 saturated carbocycles. The predicted octanol–water partition coefficient (Wildman–Crippen LogP) is 0.743. The van der Waals surface area contributed by atoms with Gasteiger partial charge in [0.25, 0.3) is 0 Å². The maximum Gasteiger partial charge on any atom is 0.407 e. The van der Waals surface area contributed by atoms with E-state index in [0.29, 0.717) is 30.8 Å². The Balaban J connectivity index is 1.70. The Morgan fingerprint density at radius 1 is 1.53 bits per heavy atom. The lowest BCUT2D eigenvalue weighted by molar-refractivity contribution is 0.150. The Morgan fingerprint density at radius 3 is 2.67 bits per heavy atom. The van der Waals surface area contributed by atoms with Crippen LogP contribution in [0.25, 0.3) is 0 Å². The fraction of sp³-hybridized carbons (Fsp3) is 0.600. The van der Waals surface area contributed by atoms with E-state index in [0.717, 1.165) is 5.69 Å². The van der Waals surface area contributed by atoms with Crippen molar-refractivity contribution in [2.45, 2.75) is 5.92 Å². The van der Waals surface area contributed by atoms with E-state index < -0.39 is 6.09 Å². The second-order valence-corrected chi connectivity index (χ2v) is 4.46. The Kier molecular flexibility index (Phi) is 1.60. The summed E-state index contributed by atoms with van der Waals surface area (Å²) in [6, 6.07) is 2.04. The van der Waals surface area contributed by atoms with Gasteiger partial charge in [0.1, 0.15) is 0 Å². The molecule has 3 rings (SSSR count). The highest BCUT2D eigenvalue weighted by Gasteiger charge is 2.58. The number of aromatic nitrogens is 2. The highest BCUT2D eigenvalue weighted by Crippen LogP contribution is 2.57. The smallest absolute Gasteiger partial charge is 0.407 e. The van der Waals surface area contributed by atoms with Gasteiger partial charge in [0.15, 0.2) is 0 Å². The third-order valence-corrected chi connectivity index (χ3v) is 3.54. The SMILES string of the molecule is Cn1ccc([C@@H]2[C@@H]3CN(C(=O)O)C[C@@H]32)n1. The van der Waals surface area contributed by atoms with Gasteiger partial charge in [0, 0.05) is 32.3 Å². The lowest BCUT2D eigenvalue weighted by Crippen LogP contribution is -2.29. The number of likely N-dealkylation sites (tertiary alicyclic amines) is 1. The topological polar surface area (TPSA) is 58.4 Å². The Bertz CT molecular complexity index is 403. The van der Waals surface area contributed by atoms with Gasteiger partial charge in [0.2, 0.25) is 0 Å². The number of hydrogen-bond donors (Lipinski definition) is 1. The van der Waals surface area contributed by atoms with Crippen LogP contribution in [0.1, 0.15) is 11.6 Å². The molecule has 1 amide bonds. The summed E-state index contributed by atoms with van der Waals surface area (Å²) in [5.41, 5.74) is 1.12. The summed E-state index contributed by atoms with van der Waals surface area (Å²) in [5, 5.41) is 13.2. The largest absolute Gasteiger partial charge is 0.465 e. The van der Waals surface area contributed by atoms with Crippen molar-refractivity contribution in [1.29, 1.82) is 0 Å². The number of aryl methyl sites for hydroxylation is 1. The van der Waals surface area contributed by atoms with Crippen molar-refractivity contribution in [2.75, 3.05) is 13.1 Å². The molecular weight excluding hydrogens is 194 g/mol. The van der Waals surface area contributed by atoms with E-state index in [-0.39, 0.29) is 0 Å². The number of fused-ring (bicyclic) bond motifs is 1. The fourth-order valence-corrected chi connectivity index (χ4v) is 2.73. The minimum absolute atomic E-state index is 0.502. The van der Waals surface area contributed by atoms with Crippen molar-refractivity contribution in [3.63, 3.8) is 0 Å². The number of amides is 1. The molecule has 0 bridgehead atoms. The second-order valence-electron chi connectivity index (χ2n) is 4.46. The van der Waals surface area contributed by atoms with Crippen molar-refractivity contribution >= 4 is 6.09 Å². The molecule has 1 N–H and O–H groups in total. The fourth-order valence-electron chi connectivity index (χ4n) is 2.73. The molecule has 1 aliphatic carbocycles. The number of carboxylic acid groups (broad SMARTS) is 1. The van der Waals surface area contributed by atoms with E-state index in [2.05, 4.69) is 5.10 Å². The molecule has 15 heavy (non-hydrogen) atoms. The molecule has 0 unspecified atom stereocenters. The van der Waals surface area contributed by atoms with Gasteiger partial charge in [-0.2, -0.15) is 5.10 Å². The maximum absolute atomic E-state index is 10.7. The molecule has 80 valence electrons. The van der Waals surface area contributed by atoms with Crippen LogP contribution in [-0.4, -0.2) is 39.0 Å². The molecule has 1 aliphatic heterocycles. The quantitative estimate of drug-likeness (QED) is 0.739. The van der Waals surface area contributed by atoms with Gasteiger partial charge in [-0.1, -0.05) is 0 Å². The van der Waals surface area contributed by atoms with Crippen LogP contribution in [0.2, 0.25) is 0 Å². The van der Waals surface area contributed by atoms with Crippen LogP contribution >= 0.6 is 0 Å². The van der Waals surface area contributed by atoms with Gasteiger partial charge in [-0.25, -0.2) is 4.79 Å². The van der Waals surface area contributed by atoms with Crippen LogP contribution in [0.15, 0.2) is 12.3 Å². The van der Waals surface area contributed by atoms with E-state index >= 15 is 0 Å². The van der Waals surface area contributed by atoms with Crippen LogP contribution in [0.3, 0.4) is 0 Å². The standard InChI is InChI=1S/C10H13N3O2/c1-12-3-2-8(11-12)9-6-4-13(10(14)15)5-7(6)9/h2-3,6-7,9H,4-5H2,1H3,(H,14,15)/t6-,7+,9-. The van der Waals surface area contributed by atoms with Gasteiger partial charge in [-0.15, -0.1) is 0 Å². The molecule has 1 aromatic heterocycles. The molecule has 0 spiro atoms. The summed E-state index contributed by atoms with van der Waals surface area (Å²) >= 11 is 0. The highest BCUT2D eigenvalue weighted by atomic mass is 16.4. The first kappa shape index (κ1) is 8.76. The van der Waals surface area contributed by atoms with Crippen LogP contribution in [0.5, 0.6) is 0 Å². The highest BCUT2D eigenvalue weighted by molar-refractivity contribution is 5.66. The summed E-state index contributed by atoms with van der Waals surface area (Å²) in [4.78, 5) is 12.2. The molecule has 2 aliphatic rings. The molecular formula is C10H13N3O2. The minimum Gasteiger partial charge on any atom is -0.465 e. The molecule has 5 nitrogen and oxygen atoms in total. The van der Waals surface area contributed by atoms with Gasteiger partial charge in [-0.05, 0) is 17.9 Å². The number of nitrogens with zero attached hydrogens (tertiary/aromatic N) is 3. The van der Waals surface area contributed by atoms with Gasteiger partial charge >= 0.3 is 6.09 Å². The van der Waals surface area contributed by atoms with Gasteiger partial charge in [-0.3, -0.25) is 4.68 Å². The van der Waals surface area contributed by atoms with Gasteiger partial charge in [0.05, 0.1) is 5.69 Å². The summed E-state index contributed by atoms with van der Waals surface area (Å²) in [5.74, 6) is 1.52. The molecule has 1 saturated heterocycles. The van der Waals surface area contributed by atoms with Crippen molar-refractivity contribution in [1.82, 2.24) is 14.7 Å². The van der Waals surface area contributed by atoms with Gasteiger partial charge < -0.3 is 10.0 Å². The van der Waals surface area contributed by atoms with E-state index in [9.17, 15) is 4.79 Å². The zero-order valence-electron chi connectivity index (χ0n) is 8.50. The third-order valence-electron chi connectivity index (χ3n) is 3.54. The average Bonchev–Trinajstić information content (AvgIpc) is 2.62. The molecule has 0 radical (unpaired) electrons. The molecule has 2 fully saturated rings. The third kappa shape index (κ3) is 1.22. The van der Waals surface area contributed by atoms with E-state index in [1.54, 1.807) is 4.68 Å². The summed E-state index contributed by atoms with van der Waals surface area (Å²) in [7, 11) is 1.91. The summed E-state index contributed by atoms with van der Waals surface area (Å²) < 4.78 is 1.80. The second kappa shape index (κ2) is 2.74. The normalized spacial score (nSPS) is 32.9. The van der Waals surface area contributed by atoms with Crippen molar-refractivity contribution in [2.24, 2.45) is 18.9 Å². The van der Waals surface area contributed by atoms with Crippen LogP contribution in [-0.2, 0) is 7.05 Å². The molecule has 3 atom stereocenters. The average molecular weight is 207 g/mol. The number of rotatable bonds is 1. The predicted molar refractivity (Wildman–Crippen MR) is 52.5 cm³/mol. The number of piperidine rings is 1. The lowest BCUT2D eigenvalue weighted by Gasteiger charge is -2.14. The molecule has 1 aromatic rings. The van der Waals surface area contributed by atoms with E-state index in [4.69, 9.17) is 5.11 Å². The lowest BCUT2D eigenvalue weighted by atomic mass is 10.2. The van der Waals surface area contributed by atoms with Crippen LogP contribution in [0, 0.1) is 11.8 Å². The molecule has 5 heteroatoms. The van der Waals surface area contributed by atoms with Crippen LogP contribution < -0.4 is 0 Å². The van der Waals surface area contributed by atoms with E-state index in [1.807, 2.05) is 19.3 Å². The Morgan fingerprint density at radius 2 is 2.20 bits per heavy atom. The molecule has 0 aromatic carbocycles. The monoisotopic (exact) mass is 207 g/mol. The van der Waals surface area contributed by atoms with Crippen molar-refractivity contribution < 1.29 is 9.90 Å². The van der Waals surface area contributed by atoms with Crippen molar-refractivity contribution in [3.05, 3.63) is 18.0 Å². The Hall–Kier alpha value is -1.52. The summed E-state index contributed by atoms with van der Waals surface area (Å²) in [6.07, 6.45) is 1.15. The Labute approximate surface area is 87.3 Å². The molecule has 2 heterocycles. The first-order chi connectivity index (χ1) is 7.16. The zero-order valence-corrected chi connectivity index (χ0v) is 8.50. The minimum atomic E-state index is -0.790. The first-order valence-electron chi connectivity index (χ1n) is 5.14. The van der Waals surface area contributed by atoms with E-state index in [1.165, 1.54) is 4.90 Å². The number of carbonyl (C=O) groups is 1. The van der Waals surface area contributed by atoms with Crippen LogP contribution in [0.4, 0.5) is 4.79 Å². The van der Waals surface area contributed by atoms with Crippen molar-refractivity contribution in [3.8, 4) is 0 Å².